The summed E-state index contributed by atoms with van der Waals surface area (Å²) in [5.41, 5.74) is 1.95. The smallest absolute Gasteiger partial charge is 0.188 e. The lowest BCUT2D eigenvalue weighted by Crippen LogP contribution is -2.52. The van der Waals surface area contributed by atoms with Crippen LogP contribution in [-0.4, -0.2) is 22.4 Å². The molecule has 1 aliphatic heterocycles. The van der Waals surface area contributed by atoms with E-state index in [0.717, 1.165) is 17.1 Å². The fourth-order valence-corrected chi connectivity index (χ4v) is 3.09. The number of hydrazone groups is 1. The zero-order valence-corrected chi connectivity index (χ0v) is 17.2. The van der Waals surface area contributed by atoms with Crippen LogP contribution in [0.2, 0.25) is 0 Å². The Morgan fingerprint density at radius 2 is 1.37 bits per heavy atom. The summed E-state index contributed by atoms with van der Waals surface area (Å²) in [7, 11) is 0. The van der Waals surface area contributed by atoms with Crippen LogP contribution < -0.4 is 5.01 Å². The molecule has 140 valence electrons. The first-order valence-electron chi connectivity index (χ1n) is 9.47. The molecule has 3 rings (SSSR count). The predicted octanol–water partition coefficient (Wildman–Crippen LogP) is 5.34. The van der Waals surface area contributed by atoms with E-state index >= 15 is 0 Å². The van der Waals surface area contributed by atoms with Crippen LogP contribution in [0, 0.1) is 17.3 Å². The average molecular weight is 360 g/mol. The first-order chi connectivity index (χ1) is 12.7. The Kier molecular flexibility index (Phi) is 5.02. The molecule has 0 aromatic heterocycles. The van der Waals surface area contributed by atoms with Gasteiger partial charge in [0.1, 0.15) is 0 Å². The lowest BCUT2D eigenvalue weighted by molar-refractivity contribution is 0.220. The summed E-state index contributed by atoms with van der Waals surface area (Å²) in [4.78, 5) is 2.33. The number of rotatable bonds is 2. The van der Waals surface area contributed by atoms with Gasteiger partial charge in [0.2, 0.25) is 0 Å². The van der Waals surface area contributed by atoms with Gasteiger partial charge < -0.3 is 4.90 Å². The third kappa shape index (κ3) is 4.34. The van der Waals surface area contributed by atoms with Gasteiger partial charge in [0.25, 0.3) is 0 Å². The van der Waals surface area contributed by atoms with Gasteiger partial charge in [-0.25, -0.2) is 5.01 Å². The molecule has 0 radical (unpaired) electrons. The van der Waals surface area contributed by atoms with Gasteiger partial charge in [0.05, 0.1) is 5.69 Å². The third-order valence-corrected chi connectivity index (χ3v) is 4.26. The summed E-state index contributed by atoms with van der Waals surface area (Å²) in [6.45, 7) is 13.1. The van der Waals surface area contributed by atoms with Crippen LogP contribution in [0.4, 0.5) is 5.69 Å². The van der Waals surface area contributed by atoms with Crippen molar-refractivity contribution < 1.29 is 0 Å². The summed E-state index contributed by atoms with van der Waals surface area (Å²) in [6.07, 6.45) is -0.151. The number of para-hydroxylation sites is 1. The van der Waals surface area contributed by atoms with Crippen LogP contribution >= 0.6 is 0 Å². The molecule has 1 unspecified atom stereocenters. The molecule has 0 amide bonds. The van der Waals surface area contributed by atoms with E-state index in [1.165, 1.54) is 0 Å². The number of amidine groups is 1. The number of nitrogens with zero attached hydrogens (tertiary/aromatic N) is 3. The molecule has 2 aromatic rings. The molecule has 1 heterocycles. The minimum Gasteiger partial charge on any atom is -0.317 e. The second-order valence-corrected chi connectivity index (χ2v) is 8.90. The highest BCUT2D eigenvalue weighted by Gasteiger charge is 2.40. The zero-order chi connectivity index (χ0) is 19.7. The fraction of sp³-hybridized carbons (Fsp3) is 0.375. The van der Waals surface area contributed by atoms with E-state index in [1.807, 2.05) is 29.3 Å². The van der Waals surface area contributed by atoms with E-state index in [0.29, 0.717) is 0 Å². The quantitative estimate of drug-likeness (QED) is 0.674. The Hall–Kier alpha value is -2.73. The molecule has 2 aromatic carbocycles. The summed E-state index contributed by atoms with van der Waals surface area (Å²) < 4.78 is 0. The van der Waals surface area contributed by atoms with E-state index in [4.69, 9.17) is 5.10 Å². The second-order valence-electron chi connectivity index (χ2n) is 8.90. The van der Waals surface area contributed by atoms with E-state index in [1.54, 1.807) is 0 Å². The largest absolute Gasteiger partial charge is 0.317 e. The van der Waals surface area contributed by atoms with Gasteiger partial charge in [0.15, 0.2) is 12.0 Å². The molecule has 3 nitrogen and oxygen atoms in total. The molecule has 0 fully saturated rings. The van der Waals surface area contributed by atoms with Gasteiger partial charge in [-0.05, 0) is 53.7 Å². The lowest BCUT2D eigenvalue weighted by Gasteiger charge is -2.38. The van der Waals surface area contributed by atoms with Crippen LogP contribution in [0.15, 0.2) is 65.8 Å². The Morgan fingerprint density at radius 1 is 0.815 bits per heavy atom. The average Bonchev–Trinajstić information content (AvgIpc) is 3.01. The Labute approximate surface area is 163 Å². The first-order valence-corrected chi connectivity index (χ1v) is 9.47. The minimum atomic E-state index is -0.151. The van der Waals surface area contributed by atoms with E-state index in [9.17, 15) is 0 Å². The Balaban J connectivity index is 2.16. The van der Waals surface area contributed by atoms with Crippen LogP contribution in [-0.2, 0) is 0 Å². The highest BCUT2D eigenvalue weighted by atomic mass is 15.6. The van der Waals surface area contributed by atoms with E-state index < -0.39 is 0 Å². The molecule has 0 aliphatic carbocycles. The van der Waals surface area contributed by atoms with E-state index in [-0.39, 0.29) is 17.1 Å². The van der Waals surface area contributed by atoms with Gasteiger partial charge in [0, 0.05) is 16.5 Å². The fourth-order valence-electron chi connectivity index (χ4n) is 3.09. The van der Waals surface area contributed by atoms with Crippen LogP contribution in [0.1, 0.15) is 47.1 Å². The van der Waals surface area contributed by atoms with Crippen LogP contribution in [0.3, 0.4) is 0 Å². The van der Waals surface area contributed by atoms with Crippen LogP contribution in [0.5, 0.6) is 0 Å². The Morgan fingerprint density at radius 3 is 1.89 bits per heavy atom. The lowest BCUT2D eigenvalue weighted by atomic mass is 9.97. The highest BCUT2D eigenvalue weighted by molar-refractivity contribution is 6.02. The normalized spacial score (nSPS) is 17.4. The number of anilines is 1. The minimum absolute atomic E-state index is 0.0680. The number of benzene rings is 2. The first kappa shape index (κ1) is 19.0. The Bertz CT molecular complexity index is 859. The summed E-state index contributed by atoms with van der Waals surface area (Å²) in [6, 6.07) is 20.7. The van der Waals surface area contributed by atoms with Crippen molar-refractivity contribution in [3.63, 3.8) is 0 Å². The van der Waals surface area contributed by atoms with Crippen molar-refractivity contribution in [3.8, 4) is 11.8 Å². The van der Waals surface area contributed by atoms with Crippen molar-refractivity contribution in [2.75, 3.05) is 5.01 Å². The molecule has 0 saturated heterocycles. The van der Waals surface area contributed by atoms with Gasteiger partial charge >= 0.3 is 0 Å². The zero-order valence-electron chi connectivity index (χ0n) is 17.2. The number of hydrogen-bond donors (Lipinski definition) is 0. The van der Waals surface area contributed by atoms with Crippen LogP contribution in [0.25, 0.3) is 0 Å². The standard InChI is InChI=1S/C24H29N3/c1-23(2,3)18-17-21-26(24(4,5)6)22(19-13-9-7-10-14-19)25-27(21)20-15-11-8-12-16-20/h7-16,21H,1-6H3. The maximum atomic E-state index is 5.03. The summed E-state index contributed by atoms with van der Waals surface area (Å²) >= 11 is 0. The SMILES string of the molecule is CC(C)(C)C#CC1N(c2ccccc2)N=C(c2ccccc2)N1C(C)(C)C. The van der Waals surface area contributed by atoms with Crippen molar-refractivity contribution in [2.24, 2.45) is 10.5 Å². The molecule has 0 N–H and O–H groups in total. The van der Waals surface area contributed by atoms with Crippen molar-refractivity contribution in [2.45, 2.75) is 53.2 Å². The molecule has 27 heavy (non-hydrogen) atoms. The monoisotopic (exact) mass is 359 g/mol. The molecule has 0 bridgehead atoms. The van der Waals surface area contributed by atoms with Gasteiger partial charge in [-0.3, -0.25) is 0 Å². The molecule has 0 spiro atoms. The molecular formula is C24H29N3. The van der Waals surface area contributed by atoms with Crippen molar-refractivity contribution in [3.05, 3.63) is 66.2 Å². The van der Waals surface area contributed by atoms with E-state index in [2.05, 4.69) is 94.7 Å². The van der Waals surface area contributed by atoms with Gasteiger partial charge in [-0.2, -0.15) is 5.10 Å². The molecular weight excluding hydrogens is 330 g/mol. The highest BCUT2D eigenvalue weighted by Crippen LogP contribution is 2.32. The summed E-state index contributed by atoms with van der Waals surface area (Å²) in [5.74, 6) is 7.90. The van der Waals surface area contributed by atoms with Crippen molar-refractivity contribution >= 4 is 11.5 Å². The number of hydrogen-bond acceptors (Lipinski definition) is 3. The maximum Gasteiger partial charge on any atom is 0.188 e. The van der Waals surface area contributed by atoms with Crippen molar-refractivity contribution in [1.82, 2.24) is 4.90 Å². The third-order valence-electron chi connectivity index (χ3n) is 4.26. The molecule has 3 heteroatoms. The predicted molar refractivity (Wildman–Crippen MR) is 115 cm³/mol. The van der Waals surface area contributed by atoms with Gasteiger partial charge in [-0.1, -0.05) is 60.4 Å². The van der Waals surface area contributed by atoms with Crippen molar-refractivity contribution in [1.29, 1.82) is 0 Å². The topological polar surface area (TPSA) is 18.8 Å². The molecule has 1 atom stereocenters. The molecule has 0 saturated carbocycles. The maximum absolute atomic E-state index is 5.03. The molecule has 1 aliphatic rings. The summed E-state index contributed by atoms with van der Waals surface area (Å²) in [5, 5.41) is 7.08. The second kappa shape index (κ2) is 7.12. The van der Waals surface area contributed by atoms with Gasteiger partial charge in [-0.15, -0.1) is 0 Å².